The van der Waals surface area contributed by atoms with Crippen LogP contribution in [0.3, 0.4) is 0 Å². The summed E-state index contributed by atoms with van der Waals surface area (Å²) in [6, 6.07) is 1.97. The number of nitrogens with one attached hydrogen (secondary N) is 2. The molecule has 0 aromatic carbocycles. The standard InChI is InChI=1S/C10H20N4O/c1-3-14(2)8-7-12-9-10(15)13-6-4-5-11/h12H,3-4,6-9H2,1-2H3,(H,13,15). The summed E-state index contributed by atoms with van der Waals surface area (Å²) in [7, 11) is 2.04. The van der Waals surface area contributed by atoms with Gasteiger partial charge in [0.15, 0.2) is 0 Å². The fraction of sp³-hybridized carbons (Fsp3) is 0.800. The molecule has 0 aromatic rings. The van der Waals surface area contributed by atoms with E-state index >= 15 is 0 Å². The Morgan fingerprint density at radius 2 is 2.20 bits per heavy atom. The van der Waals surface area contributed by atoms with E-state index in [2.05, 4.69) is 22.5 Å². The molecule has 0 aliphatic heterocycles. The van der Waals surface area contributed by atoms with E-state index in [9.17, 15) is 4.79 Å². The maximum absolute atomic E-state index is 11.1. The van der Waals surface area contributed by atoms with Crippen molar-refractivity contribution in [2.45, 2.75) is 13.3 Å². The van der Waals surface area contributed by atoms with Gasteiger partial charge in [0.1, 0.15) is 0 Å². The molecule has 0 aliphatic rings. The highest BCUT2D eigenvalue weighted by Gasteiger charge is 1.99. The van der Waals surface area contributed by atoms with Gasteiger partial charge in [-0.05, 0) is 13.6 Å². The summed E-state index contributed by atoms with van der Waals surface area (Å²) < 4.78 is 0. The fourth-order valence-electron chi connectivity index (χ4n) is 0.950. The number of carbonyl (C=O) groups is 1. The van der Waals surface area contributed by atoms with Crippen LogP contribution in [-0.2, 0) is 4.79 Å². The van der Waals surface area contributed by atoms with Crippen molar-refractivity contribution in [1.82, 2.24) is 15.5 Å². The van der Waals surface area contributed by atoms with Crippen LogP contribution in [0.25, 0.3) is 0 Å². The summed E-state index contributed by atoms with van der Waals surface area (Å²) in [5.41, 5.74) is 0. The number of rotatable bonds is 8. The van der Waals surface area contributed by atoms with E-state index in [0.29, 0.717) is 19.5 Å². The molecule has 0 spiro atoms. The molecule has 0 saturated carbocycles. The normalized spacial score (nSPS) is 10.0. The third kappa shape index (κ3) is 9.19. The first-order chi connectivity index (χ1) is 7.20. The number of amides is 1. The van der Waals surface area contributed by atoms with Crippen LogP contribution in [0.5, 0.6) is 0 Å². The van der Waals surface area contributed by atoms with Gasteiger partial charge in [0.25, 0.3) is 0 Å². The third-order valence-electron chi connectivity index (χ3n) is 2.05. The molecule has 0 radical (unpaired) electrons. The molecule has 0 bridgehead atoms. The van der Waals surface area contributed by atoms with Crippen molar-refractivity contribution in [2.75, 3.05) is 39.8 Å². The number of nitrogens with zero attached hydrogens (tertiary/aromatic N) is 2. The lowest BCUT2D eigenvalue weighted by atomic mass is 10.4. The summed E-state index contributed by atoms with van der Waals surface area (Å²) in [4.78, 5) is 13.3. The van der Waals surface area contributed by atoms with Gasteiger partial charge in [-0.1, -0.05) is 6.92 Å². The van der Waals surface area contributed by atoms with Crippen LogP contribution in [-0.4, -0.2) is 50.6 Å². The minimum absolute atomic E-state index is 0.0515. The molecule has 0 fully saturated rings. The van der Waals surface area contributed by atoms with Crippen LogP contribution >= 0.6 is 0 Å². The van der Waals surface area contributed by atoms with Crippen molar-refractivity contribution in [3.8, 4) is 6.07 Å². The van der Waals surface area contributed by atoms with Crippen LogP contribution in [0.2, 0.25) is 0 Å². The van der Waals surface area contributed by atoms with Gasteiger partial charge in [-0.25, -0.2) is 0 Å². The van der Waals surface area contributed by atoms with Crippen molar-refractivity contribution in [1.29, 1.82) is 5.26 Å². The average molecular weight is 212 g/mol. The van der Waals surface area contributed by atoms with Gasteiger partial charge in [-0.15, -0.1) is 0 Å². The zero-order valence-electron chi connectivity index (χ0n) is 9.55. The minimum Gasteiger partial charge on any atom is -0.354 e. The number of hydrogen-bond acceptors (Lipinski definition) is 4. The van der Waals surface area contributed by atoms with Crippen molar-refractivity contribution >= 4 is 5.91 Å². The van der Waals surface area contributed by atoms with Crippen molar-refractivity contribution in [3.63, 3.8) is 0 Å². The predicted octanol–water partition coefficient (Wildman–Crippen LogP) is -0.442. The number of carbonyl (C=O) groups excluding carboxylic acids is 1. The molecule has 5 nitrogen and oxygen atoms in total. The Kier molecular flexibility index (Phi) is 8.73. The fourth-order valence-corrected chi connectivity index (χ4v) is 0.950. The first-order valence-corrected chi connectivity index (χ1v) is 5.23. The van der Waals surface area contributed by atoms with E-state index in [1.807, 2.05) is 13.1 Å². The third-order valence-corrected chi connectivity index (χ3v) is 2.05. The van der Waals surface area contributed by atoms with E-state index in [-0.39, 0.29) is 5.91 Å². The molecule has 15 heavy (non-hydrogen) atoms. The Bertz CT molecular complexity index is 212. The number of hydrogen-bond donors (Lipinski definition) is 2. The summed E-state index contributed by atoms with van der Waals surface area (Å²) in [5, 5.41) is 13.9. The molecule has 1 amide bonds. The molecular formula is C10H20N4O. The van der Waals surface area contributed by atoms with E-state index in [4.69, 9.17) is 5.26 Å². The van der Waals surface area contributed by atoms with Crippen LogP contribution in [0.1, 0.15) is 13.3 Å². The molecule has 0 rings (SSSR count). The van der Waals surface area contributed by atoms with Crippen molar-refractivity contribution < 1.29 is 4.79 Å². The van der Waals surface area contributed by atoms with Gasteiger partial charge in [0.2, 0.25) is 5.91 Å². The molecule has 5 heteroatoms. The highest BCUT2D eigenvalue weighted by atomic mass is 16.1. The van der Waals surface area contributed by atoms with Gasteiger partial charge in [0, 0.05) is 19.6 Å². The topological polar surface area (TPSA) is 68.2 Å². The number of nitriles is 1. The first-order valence-electron chi connectivity index (χ1n) is 5.23. The van der Waals surface area contributed by atoms with E-state index in [1.54, 1.807) is 0 Å². The second-order valence-electron chi connectivity index (χ2n) is 3.33. The average Bonchev–Trinajstić information content (AvgIpc) is 2.24. The second kappa shape index (κ2) is 9.44. The monoisotopic (exact) mass is 212 g/mol. The minimum atomic E-state index is -0.0515. The molecule has 2 N–H and O–H groups in total. The molecule has 0 unspecified atom stereocenters. The molecule has 0 aromatic heterocycles. The summed E-state index contributed by atoms with van der Waals surface area (Å²) in [6.07, 6.45) is 0.365. The summed E-state index contributed by atoms with van der Waals surface area (Å²) in [5.74, 6) is -0.0515. The largest absolute Gasteiger partial charge is 0.354 e. The maximum atomic E-state index is 11.1. The van der Waals surface area contributed by atoms with Gasteiger partial charge >= 0.3 is 0 Å². The molecule has 0 aliphatic carbocycles. The Morgan fingerprint density at radius 1 is 1.47 bits per heavy atom. The van der Waals surface area contributed by atoms with Crippen LogP contribution in [0.15, 0.2) is 0 Å². The Labute approximate surface area is 91.4 Å². The van der Waals surface area contributed by atoms with E-state index < -0.39 is 0 Å². The molecule has 0 heterocycles. The van der Waals surface area contributed by atoms with Crippen molar-refractivity contribution in [3.05, 3.63) is 0 Å². The van der Waals surface area contributed by atoms with Gasteiger partial charge in [0.05, 0.1) is 19.0 Å². The zero-order valence-corrected chi connectivity index (χ0v) is 9.55. The Balaban J connectivity index is 3.28. The Hall–Kier alpha value is -1.12. The maximum Gasteiger partial charge on any atom is 0.233 e. The summed E-state index contributed by atoms with van der Waals surface area (Å²) in [6.45, 7) is 5.59. The molecule has 0 saturated heterocycles. The first kappa shape index (κ1) is 13.9. The predicted molar refractivity (Wildman–Crippen MR) is 59.3 cm³/mol. The Morgan fingerprint density at radius 3 is 2.80 bits per heavy atom. The lowest BCUT2D eigenvalue weighted by Gasteiger charge is -2.13. The lowest BCUT2D eigenvalue weighted by Crippen LogP contribution is -2.37. The van der Waals surface area contributed by atoms with Crippen molar-refractivity contribution in [2.24, 2.45) is 0 Å². The number of likely N-dealkylation sites (N-methyl/N-ethyl adjacent to an activating group) is 1. The summed E-state index contributed by atoms with van der Waals surface area (Å²) >= 11 is 0. The van der Waals surface area contributed by atoms with E-state index in [1.165, 1.54) is 0 Å². The SMILES string of the molecule is CCN(C)CCNCC(=O)NCCC#N. The smallest absolute Gasteiger partial charge is 0.233 e. The lowest BCUT2D eigenvalue weighted by molar-refractivity contribution is -0.120. The van der Waals surface area contributed by atoms with E-state index in [0.717, 1.165) is 19.6 Å². The van der Waals surface area contributed by atoms with Crippen LogP contribution in [0.4, 0.5) is 0 Å². The van der Waals surface area contributed by atoms with Crippen LogP contribution in [0, 0.1) is 11.3 Å². The second-order valence-corrected chi connectivity index (χ2v) is 3.33. The van der Waals surface area contributed by atoms with Gasteiger partial charge in [-0.2, -0.15) is 5.26 Å². The highest BCUT2D eigenvalue weighted by Crippen LogP contribution is 1.77. The molecular weight excluding hydrogens is 192 g/mol. The van der Waals surface area contributed by atoms with Gasteiger partial charge in [-0.3, -0.25) is 4.79 Å². The van der Waals surface area contributed by atoms with Gasteiger partial charge < -0.3 is 15.5 Å². The quantitative estimate of drug-likeness (QED) is 0.535. The van der Waals surface area contributed by atoms with Crippen LogP contribution < -0.4 is 10.6 Å². The zero-order chi connectivity index (χ0) is 11.5. The highest BCUT2D eigenvalue weighted by molar-refractivity contribution is 5.77. The molecule has 0 atom stereocenters. The molecule has 86 valence electrons.